The Labute approximate surface area is 153 Å². The molecule has 1 saturated carbocycles. The summed E-state index contributed by atoms with van der Waals surface area (Å²) in [6, 6.07) is 3.65. The number of likely N-dealkylation sites (tertiary alicyclic amines) is 1. The largest absolute Gasteiger partial charge is 0.504 e. The van der Waals surface area contributed by atoms with Crippen LogP contribution >= 0.6 is 0 Å². The van der Waals surface area contributed by atoms with E-state index in [-0.39, 0.29) is 17.6 Å². The van der Waals surface area contributed by atoms with Gasteiger partial charge in [-0.1, -0.05) is 12.1 Å². The number of piperidine rings is 1. The lowest BCUT2D eigenvalue weighted by molar-refractivity contribution is -0.948. The number of rotatable bonds is 3. The van der Waals surface area contributed by atoms with Gasteiger partial charge in [-0.2, -0.15) is 0 Å². The summed E-state index contributed by atoms with van der Waals surface area (Å²) in [7, 11) is 2.23. The summed E-state index contributed by atoms with van der Waals surface area (Å²) < 4.78 is 6.85. The fourth-order valence-electron chi connectivity index (χ4n) is 6.48. The number of phenols is 1. The fraction of sp³-hybridized carbons (Fsp3) is 0.571. The van der Waals surface area contributed by atoms with Crippen LogP contribution in [0.15, 0.2) is 24.8 Å². The zero-order valence-corrected chi connectivity index (χ0v) is 15.2. The molecule has 2 heterocycles. The van der Waals surface area contributed by atoms with Crippen LogP contribution in [0.2, 0.25) is 0 Å². The second-order valence-electron chi connectivity index (χ2n) is 8.78. The number of quaternary nitrogens is 1. The van der Waals surface area contributed by atoms with E-state index >= 15 is 0 Å². The molecule has 2 aliphatic carbocycles. The SMILES string of the molecule is C=CCC[N+]1(C)CC[C@]23c4c5ccc(O)c4O[C@H]2C(=O)CC[C@@]3(O)[C@H]1C5. The van der Waals surface area contributed by atoms with Crippen molar-refractivity contribution in [3.63, 3.8) is 0 Å². The lowest BCUT2D eigenvalue weighted by Gasteiger charge is -2.64. The number of aliphatic hydroxyl groups is 1. The monoisotopic (exact) mass is 356 g/mol. The molecule has 0 radical (unpaired) electrons. The Morgan fingerprint density at radius 2 is 2.23 bits per heavy atom. The molecule has 5 rings (SSSR count). The highest BCUT2D eigenvalue weighted by atomic mass is 16.5. The Bertz CT molecular complexity index is 836. The molecule has 1 spiro atoms. The minimum absolute atomic E-state index is 0.0263. The molecule has 2 N–H and O–H groups in total. The van der Waals surface area contributed by atoms with Crippen LogP contribution in [-0.2, 0) is 16.6 Å². The predicted molar refractivity (Wildman–Crippen MR) is 96.2 cm³/mol. The van der Waals surface area contributed by atoms with E-state index in [0.29, 0.717) is 25.0 Å². The summed E-state index contributed by atoms with van der Waals surface area (Å²) in [4.78, 5) is 12.8. The van der Waals surface area contributed by atoms with Crippen molar-refractivity contribution in [2.75, 3.05) is 20.1 Å². The topological polar surface area (TPSA) is 66.8 Å². The molecule has 2 aliphatic heterocycles. The molecular formula is C21H26NO4+. The predicted octanol–water partition coefficient (Wildman–Crippen LogP) is 1.84. The standard InChI is InChI=1S/C21H25NO4/c1-3-4-10-22(2)11-9-20-17-13-5-6-14(23)18(17)26-19(20)15(24)7-8-21(20,25)16(22)12-13/h3,5-6,16,19,25H,1,4,7-12H2,2H3/p+1/t16-,19+,20+,21-,22?/m1/s1. The first-order valence-corrected chi connectivity index (χ1v) is 9.59. The summed E-state index contributed by atoms with van der Waals surface area (Å²) in [6.07, 6.45) is 4.45. The van der Waals surface area contributed by atoms with Crippen molar-refractivity contribution in [3.05, 3.63) is 35.9 Å². The van der Waals surface area contributed by atoms with Gasteiger partial charge in [-0.25, -0.2) is 0 Å². The number of phenolic OH excluding ortho intramolecular Hbond substituents is 1. The molecule has 2 fully saturated rings. The Kier molecular flexibility index (Phi) is 3.08. The van der Waals surface area contributed by atoms with E-state index in [9.17, 15) is 15.0 Å². The van der Waals surface area contributed by atoms with Crippen molar-refractivity contribution in [2.45, 2.75) is 55.3 Å². The average Bonchev–Trinajstić information content (AvgIpc) is 2.98. The fourth-order valence-corrected chi connectivity index (χ4v) is 6.48. The molecule has 5 nitrogen and oxygen atoms in total. The third-order valence-electron chi connectivity index (χ3n) is 7.75. The number of carbonyl (C=O) groups is 1. The number of ether oxygens (including phenoxy) is 1. The number of benzene rings is 1. The number of likely N-dealkylation sites (N-methyl/N-ethyl adjacent to an activating group) is 1. The molecule has 138 valence electrons. The first-order valence-electron chi connectivity index (χ1n) is 9.59. The smallest absolute Gasteiger partial charge is 0.174 e. The first-order chi connectivity index (χ1) is 12.4. The van der Waals surface area contributed by atoms with E-state index < -0.39 is 17.1 Å². The molecule has 0 aromatic heterocycles. The number of Topliss-reactive ketones (excluding diaryl/α,β-unsaturated/α-hetero) is 1. The molecular weight excluding hydrogens is 330 g/mol. The van der Waals surface area contributed by atoms with Gasteiger partial charge in [0, 0.05) is 31.2 Å². The van der Waals surface area contributed by atoms with Gasteiger partial charge in [0.2, 0.25) is 0 Å². The highest BCUT2D eigenvalue weighted by Crippen LogP contribution is 2.65. The van der Waals surface area contributed by atoms with Gasteiger partial charge in [-0.05, 0) is 18.1 Å². The summed E-state index contributed by atoms with van der Waals surface area (Å²) in [6.45, 7) is 5.69. The van der Waals surface area contributed by atoms with Gasteiger partial charge >= 0.3 is 0 Å². The molecule has 1 saturated heterocycles. The Balaban J connectivity index is 1.76. The van der Waals surface area contributed by atoms with Crippen LogP contribution in [0.3, 0.4) is 0 Å². The van der Waals surface area contributed by atoms with Crippen LogP contribution in [-0.4, -0.2) is 58.4 Å². The quantitative estimate of drug-likeness (QED) is 0.641. The molecule has 1 aromatic carbocycles. The minimum atomic E-state index is -0.980. The summed E-state index contributed by atoms with van der Waals surface area (Å²) >= 11 is 0. The molecule has 4 aliphatic rings. The first kappa shape index (κ1) is 16.3. The highest BCUT2D eigenvalue weighted by molar-refractivity contribution is 5.90. The normalized spacial score (nSPS) is 42.2. The van der Waals surface area contributed by atoms with Crippen LogP contribution in [0.1, 0.15) is 36.8 Å². The van der Waals surface area contributed by atoms with Crippen molar-refractivity contribution in [2.24, 2.45) is 0 Å². The summed E-state index contributed by atoms with van der Waals surface area (Å²) in [5.41, 5.74) is 0.337. The Hall–Kier alpha value is -1.85. The summed E-state index contributed by atoms with van der Waals surface area (Å²) in [5.74, 6) is 0.566. The lowest BCUT2D eigenvalue weighted by Crippen LogP contribution is -2.80. The van der Waals surface area contributed by atoms with E-state index in [1.807, 2.05) is 12.1 Å². The van der Waals surface area contributed by atoms with Gasteiger partial charge in [-0.3, -0.25) is 4.79 Å². The number of ketones is 1. The Morgan fingerprint density at radius 3 is 3.00 bits per heavy atom. The van der Waals surface area contributed by atoms with Crippen molar-refractivity contribution < 1.29 is 24.2 Å². The highest BCUT2D eigenvalue weighted by Gasteiger charge is 2.76. The van der Waals surface area contributed by atoms with Crippen LogP contribution in [0.25, 0.3) is 0 Å². The summed E-state index contributed by atoms with van der Waals surface area (Å²) in [5, 5.41) is 22.5. The van der Waals surface area contributed by atoms with Crippen molar-refractivity contribution >= 4 is 5.78 Å². The van der Waals surface area contributed by atoms with E-state index in [4.69, 9.17) is 4.74 Å². The molecule has 26 heavy (non-hydrogen) atoms. The van der Waals surface area contributed by atoms with Gasteiger partial charge < -0.3 is 19.4 Å². The molecule has 1 unspecified atom stereocenters. The van der Waals surface area contributed by atoms with Crippen molar-refractivity contribution in [3.8, 4) is 11.5 Å². The second kappa shape index (κ2) is 4.90. The molecule has 2 bridgehead atoms. The van der Waals surface area contributed by atoms with Crippen molar-refractivity contribution in [1.29, 1.82) is 0 Å². The van der Waals surface area contributed by atoms with E-state index in [1.165, 1.54) is 0 Å². The molecule has 0 amide bonds. The maximum Gasteiger partial charge on any atom is 0.174 e. The number of nitrogens with zero attached hydrogens (tertiary/aromatic N) is 1. The third-order valence-corrected chi connectivity index (χ3v) is 7.75. The average molecular weight is 356 g/mol. The lowest BCUT2D eigenvalue weighted by atomic mass is 9.48. The number of carbonyl (C=O) groups excluding carboxylic acids is 1. The maximum absolute atomic E-state index is 12.8. The molecule has 5 heteroatoms. The number of hydrogen-bond acceptors (Lipinski definition) is 4. The van der Waals surface area contributed by atoms with Gasteiger partial charge in [0.15, 0.2) is 23.4 Å². The zero-order valence-electron chi connectivity index (χ0n) is 15.2. The molecule has 5 atom stereocenters. The van der Waals surface area contributed by atoms with Gasteiger partial charge in [0.1, 0.15) is 11.6 Å². The Morgan fingerprint density at radius 1 is 1.42 bits per heavy atom. The van der Waals surface area contributed by atoms with Gasteiger partial charge in [0.25, 0.3) is 0 Å². The van der Waals surface area contributed by atoms with Gasteiger partial charge in [0.05, 0.1) is 25.6 Å². The number of aromatic hydroxyl groups is 1. The third kappa shape index (κ3) is 1.62. The zero-order chi connectivity index (χ0) is 18.3. The van der Waals surface area contributed by atoms with E-state index in [1.54, 1.807) is 6.07 Å². The van der Waals surface area contributed by atoms with Crippen LogP contribution < -0.4 is 4.74 Å². The van der Waals surface area contributed by atoms with Crippen LogP contribution in [0.5, 0.6) is 11.5 Å². The van der Waals surface area contributed by atoms with Crippen LogP contribution in [0, 0.1) is 0 Å². The second-order valence-corrected chi connectivity index (χ2v) is 8.78. The van der Waals surface area contributed by atoms with E-state index in [2.05, 4.69) is 13.6 Å². The van der Waals surface area contributed by atoms with Crippen molar-refractivity contribution in [1.82, 2.24) is 0 Å². The minimum Gasteiger partial charge on any atom is -0.504 e. The maximum atomic E-state index is 12.8. The van der Waals surface area contributed by atoms with Crippen LogP contribution in [0.4, 0.5) is 0 Å². The molecule has 1 aromatic rings. The van der Waals surface area contributed by atoms with Gasteiger partial charge in [-0.15, -0.1) is 6.58 Å². The van der Waals surface area contributed by atoms with E-state index in [0.717, 1.165) is 41.5 Å². The number of hydrogen-bond donors (Lipinski definition) is 2.